The summed E-state index contributed by atoms with van der Waals surface area (Å²) in [5.41, 5.74) is 0.506. The predicted octanol–water partition coefficient (Wildman–Crippen LogP) is 3.55. The van der Waals surface area contributed by atoms with Gasteiger partial charge >= 0.3 is 5.97 Å². The Morgan fingerprint density at radius 1 is 1.14 bits per heavy atom. The third kappa shape index (κ3) is 4.13. The van der Waals surface area contributed by atoms with E-state index in [2.05, 4.69) is 12.1 Å². The fraction of sp³-hybridized carbons (Fsp3) is 0.609. The quantitative estimate of drug-likeness (QED) is 0.390. The normalized spacial score (nSPS) is 23.7. The molecule has 0 spiro atoms. The van der Waals surface area contributed by atoms with Gasteiger partial charge in [0.1, 0.15) is 6.04 Å². The van der Waals surface area contributed by atoms with Gasteiger partial charge in [0.2, 0.25) is 5.78 Å². The molecule has 2 fully saturated rings. The lowest BCUT2D eigenvalue weighted by Crippen LogP contribution is -2.54. The number of piperidine rings is 1. The number of carbonyl (C=O) groups is 3. The predicted molar refractivity (Wildman–Crippen MR) is 107 cm³/mol. The smallest absolute Gasteiger partial charge is 0.329 e. The van der Waals surface area contributed by atoms with Crippen LogP contribution in [0.1, 0.15) is 58.4 Å². The molecule has 1 amide bonds. The first-order valence-corrected chi connectivity index (χ1v) is 10.4. The lowest BCUT2D eigenvalue weighted by atomic mass is 9.84. The van der Waals surface area contributed by atoms with Crippen LogP contribution in [0.4, 0.5) is 0 Å². The lowest BCUT2D eigenvalue weighted by Gasteiger charge is -2.35. The zero-order valence-corrected chi connectivity index (χ0v) is 17.1. The minimum atomic E-state index is -0.705. The molecule has 0 aromatic heterocycles. The third-order valence-electron chi connectivity index (χ3n) is 6.45. The highest BCUT2D eigenvalue weighted by molar-refractivity contribution is 6.38. The number of fused-ring (bicyclic) bond motifs is 2. The minimum Gasteiger partial charge on any atom is -0.464 e. The van der Waals surface area contributed by atoms with E-state index in [-0.39, 0.29) is 17.9 Å². The molecule has 152 valence electrons. The highest BCUT2D eigenvalue weighted by Gasteiger charge is 2.54. The van der Waals surface area contributed by atoms with Crippen LogP contribution in [0.15, 0.2) is 30.3 Å². The zero-order chi connectivity index (χ0) is 20.3. The maximum absolute atomic E-state index is 12.9. The SMILES string of the molecule is CCC(C)(C)C(=O)C(=O)N1[C@@H]2CC[C@@H](C2)[C@H]1C(=O)OCCCc1ccccc1. The summed E-state index contributed by atoms with van der Waals surface area (Å²) >= 11 is 0. The van der Waals surface area contributed by atoms with Gasteiger partial charge in [0.15, 0.2) is 0 Å². The fourth-order valence-corrected chi connectivity index (χ4v) is 4.33. The highest BCUT2D eigenvalue weighted by Crippen LogP contribution is 2.43. The Labute approximate surface area is 167 Å². The van der Waals surface area contributed by atoms with E-state index in [0.717, 1.165) is 32.1 Å². The van der Waals surface area contributed by atoms with Crippen LogP contribution in [0, 0.1) is 11.3 Å². The van der Waals surface area contributed by atoms with Gasteiger partial charge in [0, 0.05) is 11.5 Å². The number of nitrogens with zero attached hydrogens (tertiary/aromatic N) is 1. The summed E-state index contributed by atoms with van der Waals surface area (Å²) in [4.78, 5) is 40.0. The zero-order valence-electron chi connectivity index (χ0n) is 17.1. The van der Waals surface area contributed by atoms with Crippen LogP contribution in [0.5, 0.6) is 0 Å². The van der Waals surface area contributed by atoms with E-state index in [1.54, 1.807) is 18.7 Å². The van der Waals surface area contributed by atoms with Crippen LogP contribution in [-0.2, 0) is 25.5 Å². The number of ether oxygens (including phenoxy) is 1. The lowest BCUT2D eigenvalue weighted by molar-refractivity contribution is -0.161. The van der Waals surface area contributed by atoms with Crippen LogP contribution < -0.4 is 0 Å². The first-order valence-electron chi connectivity index (χ1n) is 10.4. The maximum atomic E-state index is 12.9. The largest absolute Gasteiger partial charge is 0.464 e. The Morgan fingerprint density at radius 2 is 1.86 bits per heavy atom. The average Bonchev–Trinajstić information content (AvgIpc) is 3.32. The van der Waals surface area contributed by atoms with Crippen LogP contribution in [0.25, 0.3) is 0 Å². The van der Waals surface area contributed by atoms with Crippen molar-refractivity contribution >= 4 is 17.7 Å². The number of esters is 1. The van der Waals surface area contributed by atoms with Crippen LogP contribution in [0.3, 0.4) is 0 Å². The molecular weight excluding hydrogens is 354 g/mol. The van der Waals surface area contributed by atoms with E-state index in [1.165, 1.54) is 5.56 Å². The van der Waals surface area contributed by atoms with Gasteiger partial charge in [-0.15, -0.1) is 0 Å². The number of aryl methyl sites for hydroxylation is 1. The van der Waals surface area contributed by atoms with Gasteiger partial charge in [0.05, 0.1) is 6.61 Å². The Kier molecular flexibility index (Phi) is 6.21. The van der Waals surface area contributed by atoms with Crippen molar-refractivity contribution in [1.82, 2.24) is 4.90 Å². The number of carbonyl (C=O) groups excluding carboxylic acids is 3. The molecule has 1 aromatic carbocycles. The second kappa shape index (κ2) is 8.46. The van der Waals surface area contributed by atoms with Crippen molar-refractivity contribution in [3.63, 3.8) is 0 Å². The number of benzene rings is 1. The Morgan fingerprint density at radius 3 is 2.54 bits per heavy atom. The molecule has 0 unspecified atom stereocenters. The second-order valence-electron chi connectivity index (χ2n) is 8.71. The summed E-state index contributed by atoms with van der Waals surface area (Å²) in [5, 5.41) is 0. The van der Waals surface area contributed by atoms with Crippen molar-refractivity contribution in [1.29, 1.82) is 0 Å². The summed E-state index contributed by atoms with van der Waals surface area (Å²) in [7, 11) is 0. The van der Waals surface area contributed by atoms with E-state index in [9.17, 15) is 14.4 Å². The number of Topliss-reactive ketones (excluding diaryl/α,β-unsaturated/α-hetero) is 1. The van der Waals surface area contributed by atoms with Gasteiger partial charge in [-0.2, -0.15) is 0 Å². The fourth-order valence-electron chi connectivity index (χ4n) is 4.33. The van der Waals surface area contributed by atoms with Gasteiger partial charge in [-0.05, 0) is 50.0 Å². The van der Waals surface area contributed by atoms with E-state index in [1.807, 2.05) is 25.1 Å². The molecule has 1 heterocycles. The summed E-state index contributed by atoms with van der Waals surface area (Å²) in [6.45, 7) is 5.81. The number of ketones is 1. The molecule has 5 heteroatoms. The topological polar surface area (TPSA) is 63.7 Å². The van der Waals surface area contributed by atoms with E-state index in [4.69, 9.17) is 4.74 Å². The summed E-state index contributed by atoms with van der Waals surface area (Å²) < 4.78 is 5.53. The van der Waals surface area contributed by atoms with Crippen LogP contribution in [0.2, 0.25) is 0 Å². The molecule has 28 heavy (non-hydrogen) atoms. The maximum Gasteiger partial charge on any atom is 0.329 e. The van der Waals surface area contributed by atoms with Crippen molar-refractivity contribution in [3.05, 3.63) is 35.9 Å². The molecule has 5 nitrogen and oxygen atoms in total. The molecule has 0 N–H and O–H groups in total. The number of likely N-dealkylation sites (tertiary alicyclic amines) is 1. The molecule has 1 saturated heterocycles. The van der Waals surface area contributed by atoms with Crippen molar-refractivity contribution in [3.8, 4) is 0 Å². The van der Waals surface area contributed by atoms with Crippen molar-refractivity contribution < 1.29 is 19.1 Å². The Bertz CT molecular complexity index is 727. The van der Waals surface area contributed by atoms with Crippen molar-refractivity contribution in [2.45, 2.75) is 71.4 Å². The van der Waals surface area contributed by atoms with Gasteiger partial charge in [0.25, 0.3) is 5.91 Å². The first kappa shape index (κ1) is 20.6. The summed E-state index contributed by atoms with van der Waals surface area (Å²) in [6.07, 6.45) is 4.77. The number of rotatable bonds is 8. The molecule has 1 aliphatic heterocycles. The number of hydrogen-bond donors (Lipinski definition) is 0. The molecule has 0 radical (unpaired) electrons. The van der Waals surface area contributed by atoms with E-state index in [0.29, 0.717) is 13.0 Å². The summed E-state index contributed by atoms with van der Waals surface area (Å²) in [6, 6.07) is 9.48. The Balaban J connectivity index is 1.60. The average molecular weight is 386 g/mol. The van der Waals surface area contributed by atoms with Gasteiger partial charge in [-0.3, -0.25) is 9.59 Å². The highest BCUT2D eigenvalue weighted by atomic mass is 16.5. The molecule has 3 rings (SSSR count). The molecule has 1 aromatic rings. The van der Waals surface area contributed by atoms with Crippen molar-refractivity contribution in [2.24, 2.45) is 11.3 Å². The number of hydrogen-bond acceptors (Lipinski definition) is 4. The van der Waals surface area contributed by atoms with Crippen molar-refractivity contribution in [2.75, 3.05) is 6.61 Å². The molecule has 2 aliphatic rings. The molecule has 1 aliphatic carbocycles. The second-order valence-corrected chi connectivity index (χ2v) is 8.71. The number of amides is 1. The van der Waals surface area contributed by atoms with Crippen LogP contribution in [-0.4, -0.2) is 41.3 Å². The van der Waals surface area contributed by atoms with E-state index < -0.39 is 23.1 Å². The van der Waals surface area contributed by atoms with E-state index >= 15 is 0 Å². The minimum absolute atomic E-state index is 0.00373. The molecule has 1 saturated carbocycles. The standard InChI is InChI=1S/C23H31NO4/c1-4-23(2,3)20(25)21(26)24-18-13-12-17(15-18)19(24)22(27)28-14-8-11-16-9-6-5-7-10-16/h5-7,9-10,17-19H,4,8,11-15H2,1-3H3/t17-,18+,19-/m0/s1. The van der Waals surface area contributed by atoms with Gasteiger partial charge in [-0.25, -0.2) is 4.79 Å². The monoisotopic (exact) mass is 385 g/mol. The van der Waals surface area contributed by atoms with Crippen LogP contribution >= 0.6 is 0 Å². The van der Waals surface area contributed by atoms with Gasteiger partial charge < -0.3 is 9.64 Å². The molecule has 2 bridgehead atoms. The molecule has 3 atom stereocenters. The first-order chi connectivity index (χ1) is 13.3. The van der Waals surface area contributed by atoms with Gasteiger partial charge in [-0.1, -0.05) is 51.1 Å². The molecular formula is C23H31NO4. The summed E-state index contributed by atoms with van der Waals surface area (Å²) in [5.74, 6) is -1.14. The Hall–Kier alpha value is -2.17. The third-order valence-corrected chi connectivity index (χ3v) is 6.45.